The van der Waals surface area contributed by atoms with E-state index in [0.717, 1.165) is 20.4 Å². The number of anilines is 1. The second kappa shape index (κ2) is 8.56. The molecule has 1 aliphatic rings. The van der Waals surface area contributed by atoms with E-state index in [9.17, 15) is 9.59 Å². The molecule has 0 radical (unpaired) electrons. The third kappa shape index (κ3) is 4.37. The van der Waals surface area contributed by atoms with Crippen LogP contribution in [-0.4, -0.2) is 44.9 Å². The molecule has 7 nitrogen and oxygen atoms in total. The average Bonchev–Trinajstić information content (AvgIpc) is 3.35. The summed E-state index contributed by atoms with van der Waals surface area (Å²) in [5.74, 6) is -0.872. The molecule has 4 rings (SSSR count). The fraction of sp³-hybridized carbons (Fsp3) is 0.100. The second-order valence-electron chi connectivity index (χ2n) is 6.03. The van der Waals surface area contributed by atoms with E-state index in [1.165, 1.54) is 17.8 Å². The van der Waals surface area contributed by atoms with Gasteiger partial charge in [0.2, 0.25) is 0 Å². The zero-order valence-electron chi connectivity index (χ0n) is 15.1. The minimum Gasteiger partial charge on any atom is -0.395 e. The molecule has 146 valence electrons. The number of carbonyl (C=O) groups is 2. The maximum absolute atomic E-state index is 12.2. The molecule has 2 aromatic heterocycles. The van der Waals surface area contributed by atoms with Crippen molar-refractivity contribution in [3.8, 4) is 10.6 Å². The van der Waals surface area contributed by atoms with Gasteiger partial charge in [-0.2, -0.15) is 0 Å². The van der Waals surface area contributed by atoms with Gasteiger partial charge in [-0.15, -0.1) is 11.3 Å². The summed E-state index contributed by atoms with van der Waals surface area (Å²) in [5.41, 5.74) is 1.76. The van der Waals surface area contributed by atoms with Gasteiger partial charge in [0.1, 0.15) is 5.70 Å². The van der Waals surface area contributed by atoms with Gasteiger partial charge in [0, 0.05) is 22.9 Å². The van der Waals surface area contributed by atoms with Crippen molar-refractivity contribution in [2.75, 3.05) is 18.5 Å². The first-order chi connectivity index (χ1) is 14.1. The van der Waals surface area contributed by atoms with Gasteiger partial charge in [0.15, 0.2) is 5.16 Å². The summed E-state index contributed by atoms with van der Waals surface area (Å²) in [6.45, 7) is -0.278. The van der Waals surface area contributed by atoms with Crippen molar-refractivity contribution in [3.05, 3.63) is 65.8 Å². The van der Waals surface area contributed by atoms with Crippen LogP contribution < -0.4 is 5.32 Å². The van der Waals surface area contributed by atoms with Crippen molar-refractivity contribution in [2.45, 2.75) is 10.1 Å². The van der Waals surface area contributed by atoms with Gasteiger partial charge in [-0.3, -0.25) is 14.5 Å². The molecular formula is C20H16N4O3S2. The number of benzene rings is 1. The molecule has 29 heavy (non-hydrogen) atoms. The molecule has 0 aliphatic carbocycles. The molecule has 0 atom stereocenters. The summed E-state index contributed by atoms with van der Waals surface area (Å²) < 4.78 is 0. The topological polar surface area (TPSA) is 95.4 Å². The molecule has 0 unspecified atom stereocenters. The lowest BCUT2D eigenvalue weighted by molar-refractivity contribution is -0.137. The normalized spacial score (nSPS) is 13.7. The van der Waals surface area contributed by atoms with Gasteiger partial charge in [-0.05, 0) is 53.5 Å². The molecule has 1 aromatic carbocycles. The Balaban J connectivity index is 1.43. The monoisotopic (exact) mass is 424 g/mol. The standard InChI is InChI=1S/C20H16N4O3S2/c25-10-9-24-18(26)12-16(19(24)27)22-13-3-5-14(6-4-13)29-20-21-8-7-15(23-20)17-2-1-11-28-17/h1-8,11-12,22,25H,9-10H2. The lowest BCUT2D eigenvalue weighted by atomic mass is 10.3. The number of nitrogens with zero attached hydrogens (tertiary/aromatic N) is 3. The number of amides is 2. The molecule has 0 saturated heterocycles. The summed E-state index contributed by atoms with van der Waals surface area (Å²) in [6.07, 6.45) is 2.98. The summed E-state index contributed by atoms with van der Waals surface area (Å²) in [5, 5.41) is 14.6. The quantitative estimate of drug-likeness (QED) is 0.445. The van der Waals surface area contributed by atoms with E-state index in [2.05, 4.69) is 15.3 Å². The Morgan fingerprint density at radius 3 is 2.69 bits per heavy atom. The summed E-state index contributed by atoms with van der Waals surface area (Å²) >= 11 is 3.07. The van der Waals surface area contributed by atoms with E-state index in [1.54, 1.807) is 17.5 Å². The predicted molar refractivity (Wildman–Crippen MR) is 111 cm³/mol. The molecule has 0 spiro atoms. The fourth-order valence-electron chi connectivity index (χ4n) is 2.73. The molecule has 2 N–H and O–H groups in total. The Morgan fingerprint density at radius 2 is 1.97 bits per heavy atom. The number of rotatable bonds is 7. The van der Waals surface area contributed by atoms with Crippen LogP contribution in [0.4, 0.5) is 5.69 Å². The number of aromatic nitrogens is 2. The largest absolute Gasteiger partial charge is 0.395 e. The minimum absolute atomic E-state index is 0.0144. The SMILES string of the molecule is O=C1C=C(Nc2ccc(Sc3nccc(-c4cccs4)n3)cc2)C(=O)N1CCO. The minimum atomic E-state index is -0.443. The van der Waals surface area contributed by atoms with Crippen molar-refractivity contribution in [2.24, 2.45) is 0 Å². The molecule has 1 aliphatic heterocycles. The molecule has 0 saturated carbocycles. The number of aliphatic hydroxyl groups excluding tert-OH is 1. The first-order valence-corrected chi connectivity index (χ1v) is 10.4. The first kappa shape index (κ1) is 19.3. The smallest absolute Gasteiger partial charge is 0.277 e. The highest BCUT2D eigenvalue weighted by Crippen LogP contribution is 2.29. The van der Waals surface area contributed by atoms with Crippen LogP contribution >= 0.6 is 23.1 Å². The van der Waals surface area contributed by atoms with E-state index in [1.807, 2.05) is 47.8 Å². The molecule has 0 bridgehead atoms. The molecule has 3 aromatic rings. The predicted octanol–water partition coefficient (Wildman–Crippen LogP) is 3.01. The van der Waals surface area contributed by atoms with Gasteiger partial charge < -0.3 is 10.4 Å². The van der Waals surface area contributed by atoms with Crippen LogP contribution in [0.1, 0.15) is 0 Å². The van der Waals surface area contributed by atoms with Crippen LogP contribution in [0.25, 0.3) is 10.6 Å². The Kier molecular flexibility index (Phi) is 5.70. The summed E-state index contributed by atoms with van der Waals surface area (Å²) in [7, 11) is 0. The third-order valence-electron chi connectivity index (χ3n) is 4.08. The first-order valence-electron chi connectivity index (χ1n) is 8.74. The molecule has 9 heteroatoms. The molecular weight excluding hydrogens is 408 g/mol. The van der Waals surface area contributed by atoms with E-state index < -0.39 is 11.8 Å². The lowest BCUT2D eigenvalue weighted by Gasteiger charge is -2.13. The highest BCUT2D eigenvalue weighted by molar-refractivity contribution is 7.99. The zero-order chi connectivity index (χ0) is 20.2. The Labute approximate surface area is 175 Å². The van der Waals surface area contributed by atoms with Crippen molar-refractivity contribution in [1.29, 1.82) is 0 Å². The highest BCUT2D eigenvalue weighted by Gasteiger charge is 2.30. The van der Waals surface area contributed by atoms with Crippen LogP contribution in [0.15, 0.2) is 75.9 Å². The van der Waals surface area contributed by atoms with Crippen molar-refractivity contribution in [3.63, 3.8) is 0 Å². The van der Waals surface area contributed by atoms with Crippen LogP contribution in [0.2, 0.25) is 0 Å². The van der Waals surface area contributed by atoms with E-state index >= 15 is 0 Å². The number of thiophene rings is 1. The van der Waals surface area contributed by atoms with Gasteiger partial charge in [0.05, 0.1) is 23.7 Å². The maximum Gasteiger partial charge on any atom is 0.277 e. The Bertz CT molecular complexity index is 1070. The number of β-amino-alcohol motifs (C(OH)–C–C–N with tert-alkyl or cyclic N) is 1. The van der Waals surface area contributed by atoms with Crippen LogP contribution in [0.3, 0.4) is 0 Å². The van der Waals surface area contributed by atoms with E-state index in [-0.39, 0.29) is 18.8 Å². The number of hydrogen-bond donors (Lipinski definition) is 2. The van der Waals surface area contributed by atoms with Crippen molar-refractivity contribution in [1.82, 2.24) is 14.9 Å². The van der Waals surface area contributed by atoms with E-state index in [0.29, 0.717) is 10.8 Å². The molecule has 3 heterocycles. The van der Waals surface area contributed by atoms with Gasteiger partial charge in [-0.25, -0.2) is 9.97 Å². The van der Waals surface area contributed by atoms with Crippen LogP contribution in [-0.2, 0) is 9.59 Å². The number of aliphatic hydroxyl groups is 1. The average molecular weight is 425 g/mol. The summed E-state index contributed by atoms with van der Waals surface area (Å²) in [4.78, 5) is 35.9. The second-order valence-corrected chi connectivity index (χ2v) is 8.02. The van der Waals surface area contributed by atoms with Crippen LogP contribution in [0, 0.1) is 0 Å². The van der Waals surface area contributed by atoms with Crippen LogP contribution in [0.5, 0.6) is 0 Å². The third-order valence-corrected chi connectivity index (χ3v) is 5.86. The van der Waals surface area contributed by atoms with Gasteiger partial charge >= 0.3 is 0 Å². The number of nitrogens with one attached hydrogen (secondary N) is 1. The van der Waals surface area contributed by atoms with Gasteiger partial charge in [0.25, 0.3) is 11.8 Å². The zero-order valence-corrected chi connectivity index (χ0v) is 16.7. The summed E-state index contributed by atoms with van der Waals surface area (Å²) in [6, 6.07) is 13.3. The number of imide groups is 1. The Hall–Kier alpha value is -3.01. The number of hydrogen-bond acceptors (Lipinski definition) is 8. The molecule has 0 fully saturated rings. The number of carbonyl (C=O) groups excluding carboxylic acids is 2. The van der Waals surface area contributed by atoms with Crippen molar-refractivity contribution < 1.29 is 14.7 Å². The van der Waals surface area contributed by atoms with E-state index in [4.69, 9.17) is 5.11 Å². The fourth-order valence-corrected chi connectivity index (χ4v) is 4.16. The highest BCUT2D eigenvalue weighted by atomic mass is 32.2. The molecule has 2 amide bonds. The lowest BCUT2D eigenvalue weighted by Crippen LogP contribution is -2.34. The van der Waals surface area contributed by atoms with Crippen molar-refractivity contribution >= 4 is 40.6 Å². The Morgan fingerprint density at radius 1 is 1.14 bits per heavy atom. The maximum atomic E-state index is 12.2. The van der Waals surface area contributed by atoms with Gasteiger partial charge in [-0.1, -0.05) is 6.07 Å².